The number of allylic oxidation sites excluding steroid dienone is 4. The van der Waals surface area contributed by atoms with Gasteiger partial charge in [-0.05, 0) is 69.4 Å². The van der Waals surface area contributed by atoms with Crippen molar-refractivity contribution in [2.24, 2.45) is 10.8 Å². The van der Waals surface area contributed by atoms with Gasteiger partial charge in [0, 0.05) is 5.41 Å². The fourth-order valence-corrected chi connectivity index (χ4v) is 5.05. The van der Waals surface area contributed by atoms with Crippen molar-refractivity contribution in [2.45, 2.75) is 66.7 Å². The van der Waals surface area contributed by atoms with E-state index in [1.54, 1.807) is 22.3 Å². The van der Waals surface area contributed by atoms with Gasteiger partial charge in [0.1, 0.15) is 0 Å². The molecule has 0 spiro atoms. The Bertz CT molecular complexity index is 884. The normalized spacial score (nSPS) is 23.2. The average Bonchev–Trinajstić information content (AvgIpc) is 2.86. The molecule has 0 heterocycles. The summed E-state index contributed by atoms with van der Waals surface area (Å²) in [6.45, 7) is 11.9. The Kier molecular flexibility index (Phi) is 3.46. The van der Waals surface area contributed by atoms with Crippen LogP contribution in [-0.4, -0.2) is 0 Å². The summed E-state index contributed by atoms with van der Waals surface area (Å²) in [7, 11) is 0. The Hall–Kier alpha value is -1.56. The molecule has 0 unspecified atom stereocenters. The van der Waals surface area contributed by atoms with Gasteiger partial charge in [-0.1, -0.05) is 71.4 Å². The molecule has 24 heavy (non-hydrogen) atoms. The maximum Gasteiger partial charge on any atom is 0.00903 e. The van der Waals surface area contributed by atoms with Crippen LogP contribution in [0.4, 0.5) is 0 Å². The molecule has 0 saturated carbocycles. The zero-order valence-electron chi connectivity index (χ0n) is 15.9. The first-order valence-corrected chi connectivity index (χ1v) is 9.62. The van der Waals surface area contributed by atoms with E-state index in [1.807, 2.05) is 0 Å². The SMILES string of the molecule is CCCc1ccc2c(c1)=C1CC3=CC(C)(C)CCC3=C1C(C)(C)C=2. The first kappa shape index (κ1) is 15.9. The van der Waals surface area contributed by atoms with Gasteiger partial charge in [-0.25, -0.2) is 0 Å². The van der Waals surface area contributed by atoms with Gasteiger partial charge >= 0.3 is 0 Å². The summed E-state index contributed by atoms with van der Waals surface area (Å²) in [5, 5.41) is 2.95. The number of hydrogen-bond donors (Lipinski definition) is 0. The molecular formula is C24H30. The molecule has 0 fully saturated rings. The highest BCUT2D eigenvalue weighted by Gasteiger charge is 2.38. The lowest BCUT2D eigenvalue weighted by Crippen LogP contribution is -2.36. The van der Waals surface area contributed by atoms with Crippen LogP contribution in [-0.2, 0) is 6.42 Å². The largest absolute Gasteiger partial charge is 0.0750 e. The standard InChI is InChI=1S/C24H30/c1-6-7-16-8-9-17-15-24(4,5)22-19-10-11-23(2,3)14-18(19)13-21(22)20(17)12-16/h8-9,12,14-15H,6-7,10-11,13H2,1-5H3. The summed E-state index contributed by atoms with van der Waals surface area (Å²) in [5.41, 5.74) is 8.55. The minimum Gasteiger partial charge on any atom is -0.0750 e. The Morgan fingerprint density at radius 2 is 1.79 bits per heavy atom. The second kappa shape index (κ2) is 5.22. The molecule has 0 amide bonds. The van der Waals surface area contributed by atoms with Crippen LogP contribution in [0, 0.1) is 10.8 Å². The molecule has 4 rings (SSSR count). The van der Waals surface area contributed by atoms with Gasteiger partial charge in [-0.2, -0.15) is 0 Å². The lowest BCUT2D eigenvalue weighted by Gasteiger charge is -2.31. The number of hydrogen-bond acceptors (Lipinski definition) is 0. The van der Waals surface area contributed by atoms with Crippen LogP contribution >= 0.6 is 0 Å². The van der Waals surface area contributed by atoms with Crippen molar-refractivity contribution < 1.29 is 0 Å². The van der Waals surface area contributed by atoms with Crippen molar-refractivity contribution in [3.63, 3.8) is 0 Å². The highest BCUT2D eigenvalue weighted by atomic mass is 14.4. The lowest BCUT2D eigenvalue weighted by atomic mass is 9.73. The average molecular weight is 319 g/mol. The predicted molar refractivity (Wildman–Crippen MR) is 104 cm³/mol. The van der Waals surface area contributed by atoms with Crippen molar-refractivity contribution >= 4 is 11.6 Å². The fourth-order valence-electron chi connectivity index (χ4n) is 5.05. The summed E-state index contributed by atoms with van der Waals surface area (Å²) in [6.07, 6.45) is 11.2. The third-order valence-electron chi connectivity index (χ3n) is 6.08. The molecule has 0 atom stereocenters. The molecule has 0 aromatic heterocycles. The second-order valence-corrected chi connectivity index (χ2v) is 9.20. The van der Waals surface area contributed by atoms with Crippen LogP contribution < -0.4 is 10.4 Å². The molecule has 1 aromatic rings. The molecule has 0 bridgehead atoms. The molecule has 0 heteroatoms. The summed E-state index contributed by atoms with van der Waals surface area (Å²) in [5.74, 6) is 0. The van der Waals surface area contributed by atoms with Crippen molar-refractivity contribution in [2.75, 3.05) is 0 Å². The minimum atomic E-state index is 0.154. The van der Waals surface area contributed by atoms with E-state index in [0.29, 0.717) is 5.41 Å². The quantitative estimate of drug-likeness (QED) is 0.715. The van der Waals surface area contributed by atoms with Crippen LogP contribution in [0.1, 0.15) is 65.9 Å². The molecule has 0 aliphatic heterocycles. The minimum absolute atomic E-state index is 0.154. The summed E-state index contributed by atoms with van der Waals surface area (Å²) < 4.78 is 0. The Labute approximate surface area is 146 Å². The lowest BCUT2D eigenvalue weighted by molar-refractivity contribution is 0.420. The van der Waals surface area contributed by atoms with Crippen LogP contribution in [0.15, 0.2) is 41.0 Å². The number of rotatable bonds is 2. The van der Waals surface area contributed by atoms with Crippen LogP contribution in [0.3, 0.4) is 0 Å². The fraction of sp³-hybridized carbons (Fsp3) is 0.500. The van der Waals surface area contributed by atoms with E-state index < -0.39 is 0 Å². The number of aryl methyl sites for hydroxylation is 1. The van der Waals surface area contributed by atoms with Crippen molar-refractivity contribution in [1.29, 1.82) is 0 Å². The topological polar surface area (TPSA) is 0 Å². The molecule has 0 radical (unpaired) electrons. The molecule has 3 aliphatic rings. The molecule has 1 aromatic carbocycles. The molecule has 0 N–H and O–H groups in total. The van der Waals surface area contributed by atoms with Crippen LogP contribution in [0.25, 0.3) is 11.6 Å². The van der Waals surface area contributed by atoms with Gasteiger partial charge in [-0.15, -0.1) is 0 Å². The summed E-state index contributed by atoms with van der Waals surface area (Å²) >= 11 is 0. The van der Waals surface area contributed by atoms with Crippen molar-refractivity contribution in [3.05, 3.63) is 57.0 Å². The van der Waals surface area contributed by atoms with Gasteiger partial charge in [0.2, 0.25) is 0 Å². The third-order valence-corrected chi connectivity index (χ3v) is 6.08. The van der Waals surface area contributed by atoms with E-state index in [1.165, 1.54) is 41.7 Å². The van der Waals surface area contributed by atoms with E-state index >= 15 is 0 Å². The van der Waals surface area contributed by atoms with E-state index in [2.05, 4.69) is 65.0 Å². The van der Waals surface area contributed by atoms with E-state index in [0.717, 1.165) is 6.42 Å². The smallest absolute Gasteiger partial charge is 0.00903 e. The van der Waals surface area contributed by atoms with Gasteiger partial charge in [-0.3, -0.25) is 0 Å². The maximum atomic E-state index is 2.57. The maximum absolute atomic E-state index is 2.57. The summed E-state index contributed by atoms with van der Waals surface area (Å²) in [6, 6.07) is 7.16. The van der Waals surface area contributed by atoms with E-state index in [4.69, 9.17) is 0 Å². The predicted octanol–water partition coefficient (Wildman–Crippen LogP) is 5.06. The van der Waals surface area contributed by atoms with Gasteiger partial charge in [0.05, 0.1) is 0 Å². The van der Waals surface area contributed by atoms with Crippen molar-refractivity contribution in [3.8, 4) is 0 Å². The highest BCUT2D eigenvalue weighted by molar-refractivity contribution is 5.82. The van der Waals surface area contributed by atoms with Crippen molar-refractivity contribution in [1.82, 2.24) is 0 Å². The van der Waals surface area contributed by atoms with Gasteiger partial charge < -0.3 is 0 Å². The molecule has 0 nitrogen and oxygen atoms in total. The van der Waals surface area contributed by atoms with Crippen LogP contribution in [0.5, 0.6) is 0 Å². The zero-order valence-corrected chi connectivity index (χ0v) is 15.9. The molecule has 3 aliphatic carbocycles. The molecule has 0 saturated heterocycles. The zero-order chi connectivity index (χ0) is 17.1. The molecule has 126 valence electrons. The van der Waals surface area contributed by atoms with Crippen LogP contribution in [0.2, 0.25) is 0 Å². The van der Waals surface area contributed by atoms with Gasteiger partial charge in [0.25, 0.3) is 0 Å². The third kappa shape index (κ3) is 2.42. The van der Waals surface area contributed by atoms with E-state index in [-0.39, 0.29) is 5.41 Å². The number of benzene rings is 1. The Morgan fingerprint density at radius 3 is 2.54 bits per heavy atom. The monoisotopic (exact) mass is 318 g/mol. The van der Waals surface area contributed by atoms with Gasteiger partial charge in [0.15, 0.2) is 0 Å². The second-order valence-electron chi connectivity index (χ2n) is 9.20. The Morgan fingerprint density at radius 1 is 1.00 bits per heavy atom. The summed E-state index contributed by atoms with van der Waals surface area (Å²) in [4.78, 5) is 0. The Balaban J connectivity index is 2.00. The first-order chi connectivity index (χ1) is 11.3. The molecular weight excluding hydrogens is 288 g/mol. The first-order valence-electron chi connectivity index (χ1n) is 9.62. The number of fused-ring (bicyclic) bond motifs is 3. The highest BCUT2D eigenvalue weighted by Crippen LogP contribution is 2.52. The van der Waals surface area contributed by atoms with E-state index in [9.17, 15) is 0 Å².